The number of carbonyl (C=O) groups excluding carboxylic acids is 1. The third kappa shape index (κ3) is 3.60. The average molecular weight is 274 g/mol. The van der Waals surface area contributed by atoms with Crippen molar-refractivity contribution in [2.75, 3.05) is 6.54 Å². The lowest BCUT2D eigenvalue weighted by molar-refractivity contribution is -0.123. The van der Waals surface area contributed by atoms with Crippen LogP contribution in [0.2, 0.25) is 0 Å². The lowest BCUT2D eigenvalue weighted by atomic mass is 9.86. The second-order valence-electron chi connectivity index (χ2n) is 6.75. The zero-order valence-electron chi connectivity index (χ0n) is 13.0. The van der Waals surface area contributed by atoms with Crippen LogP contribution in [-0.2, 0) is 10.2 Å². The van der Waals surface area contributed by atoms with Crippen molar-refractivity contribution in [2.45, 2.75) is 58.0 Å². The number of rotatable bonds is 3. The highest BCUT2D eigenvalue weighted by Gasteiger charge is 2.23. The lowest BCUT2D eigenvalue weighted by Gasteiger charge is -2.21. The van der Waals surface area contributed by atoms with E-state index in [-0.39, 0.29) is 23.4 Å². The van der Waals surface area contributed by atoms with Gasteiger partial charge in [0, 0.05) is 0 Å². The molecule has 1 aromatic carbocycles. The summed E-state index contributed by atoms with van der Waals surface area (Å²) in [6.07, 6.45) is 2.04. The molecule has 1 amide bonds. The van der Waals surface area contributed by atoms with E-state index < -0.39 is 0 Å². The van der Waals surface area contributed by atoms with Gasteiger partial charge in [-0.3, -0.25) is 4.79 Å². The number of carbonyl (C=O) groups is 1. The number of amides is 1. The van der Waals surface area contributed by atoms with Gasteiger partial charge in [0.05, 0.1) is 12.1 Å². The van der Waals surface area contributed by atoms with Crippen molar-refractivity contribution < 1.29 is 4.79 Å². The van der Waals surface area contributed by atoms with Crippen LogP contribution >= 0.6 is 0 Å². The van der Waals surface area contributed by atoms with Gasteiger partial charge in [-0.25, -0.2) is 0 Å². The Bertz CT molecular complexity index is 453. The summed E-state index contributed by atoms with van der Waals surface area (Å²) in [5, 5.41) is 6.33. The maximum absolute atomic E-state index is 12.1. The van der Waals surface area contributed by atoms with Gasteiger partial charge in [0.25, 0.3) is 0 Å². The van der Waals surface area contributed by atoms with Crippen LogP contribution in [0.15, 0.2) is 24.3 Å². The molecule has 20 heavy (non-hydrogen) atoms. The number of nitrogens with one attached hydrogen (secondary N) is 2. The predicted molar refractivity (Wildman–Crippen MR) is 82.7 cm³/mol. The van der Waals surface area contributed by atoms with Crippen molar-refractivity contribution in [1.29, 1.82) is 0 Å². The van der Waals surface area contributed by atoms with Gasteiger partial charge in [-0.15, -0.1) is 0 Å². The average Bonchev–Trinajstić information content (AvgIpc) is 2.91. The van der Waals surface area contributed by atoms with Gasteiger partial charge in [-0.1, -0.05) is 45.0 Å². The summed E-state index contributed by atoms with van der Waals surface area (Å²) in [6.45, 7) is 9.61. The monoisotopic (exact) mass is 274 g/mol. The number of benzene rings is 1. The molecule has 0 spiro atoms. The summed E-state index contributed by atoms with van der Waals surface area (Å²) in [5.74, 6) is 0.120. The van der Waals surface area contributed by atoms with Gasteiger partial charge >= 0.3 is 0 Å². The van der Waals surface area contributed by atoms with Crippen molar-refractivity contribution in [2.24, 2.45) is 0 Å². The van der Waals surface area contributed by atoms with E-state index >= 15 is 0 Å². The van der Waals surface area contributed by atoms with E-state index in [1.165, 1.54) is 5.56 Å². The van der Waals surface area contributed by atoms with Crippen LogP contribution in [0, 0.1) is 0 Å². The van der Waals surface area contributed by atoms with Gasteiger partial charge in [-0.05, 0) is 42.9 Å². The predicted octanol–water partition coefficient (Wildman–Crippen LogP) is 2.91. The fraction of sp³-hybridized carbons (Fsp3) is 0.588. The molecule has 1 aromatic rings. The highest BCUT2D eigenvalue weighted by Crippen LogP contribution is 2.24. The summed E-state index contributed by atoms with van der Waals surface area (Å²) in [4.78, 5) is 12.1. The Morgan fingerprint density at radius 1 is 1.30 bits per heavy atom. The molecule has 0 saturated carbocycles. The van der Waals surface area contributed by atoms with Crippen molar-refractivity contribution in [3.8, 4) is 0 Å². The van der Waals surface area contributed by atoms with Crippen LogP contribution in [-0.4, -0.2) is 18.5 Å². The highest BCUT2D eigenvalue weighted by atomic mass is 16.2. The quantitative estimate of drug-likeness (QED) is 0.890. The Balaban J connectivity index is 1.98. The standard InChI is InChI=1S/C17H26N2O/c1-12(19-16(20)15-6-5-11-18-15)13-7-9-14(10-8-13)17(2,3)4/h7-10,12,15,18H,5-6,11H2,1-4H3,(H,19,20)/t12?,15-/m0/s1. The number of hydrogen-bond acceptors (Lipinski definition) is 2. The molecular formula is C17H26N2O. The molecule has 110 valence electrons. The van der Waals surface area contributed by atoms with Gasteiger partial charge in [-0.2, -0.15) is 0 Å². The fourth-order valence-corrected chi connectivity index (χ4v) is 2.58. The largest absolute Gasteiger partial charge is 0.348 e. The summed E-state index contributed by atoms with van der Waals surface area (Å²) >= 11 is 0. The van der Waals surface area contributed by atoms with Crippen LogP contribution in [0.4, 0.5) is 0 Å². The minimum absolute atomic E-state index is 0.00806. The molecule has 1 fully saturated rings. The first-order chi connectivity index (χ1) is 9.38. The molecule has 1 aliphatic heterocycles. The van der Waals surface area contributed by atoms with Crippen molar-refractivity contribution in [3.63, 3.8) is 0 Å². The van der Waals surface area contributed by atoms with Gasteiger partial charge in [0.2, 0.25) is 5.91 Å². The Morgan fingerprint density at radius 3 is 2.45 bits per heavy atom. The second kappa shape index (κ2) is 5.96. The van der Waals surface area contributed by atoms with E-state index in [2.05, 4.69) is 55.7 Å². The zero-order valence-corrected chi connectivity index (χ0v) is 13.0. The topological polar surface area (TPSA) is 41.1 Å². The van der Waals surface area contributed by atoms with Gasteiger partial charge in [0.1, 0.15) is 0 Å². The summed E-state index contributed by atoms with van der Waals surface area (Å²) in [6, 6.07) is 8.60. The van der Waals surface area contributed by atoms with E-state index in [1.54, 1.807) is 0 Å². The summed E-state index contributed by atoms with van der Waals surface area (Å²) in [5.41, 5.74) is 2.64. The normalized spacial score (nSPS) is 20.7. The molecular weight excluding hydrogens is 248 g/mol. The molecule has 1 unspecified atom stereocenters. The Labute approximate surface area is 122 Å². The van der Waals surface area contributed by atoms with Crippen LogP contribution in [0.1, 0.15) is 57.7 Å². The van der Waals surface area contributed by atoms with Gasteiger partial charge < -0.3 is 10.6 Å². The zero-order chi connectivity index (χ0) is 14.8. The van der Waals surface area contributed by atoms with Crippen LogP contribution in [0.3, 0.4) is 0 Å². The highest BCUT2D eigenvalue weighted by molar-refractivity contribution is 5.82. The molecule has 0 bridgehead atoms. The fourth-order valence-electron chi connectivity index (χ4n) is 2.58. The molecule has 3 nitrogen and oxygen atoms in total. The minimum Gasteiger partial charge on any atom is -0.348 e. The molecule has 3 heteroatoms. The molecule has 1 heterocycles. The molecule has 0 aliphatic carbocycles. The molecule has 0 aromatic heterocycles. The Morgan fingerprint density at radius 2 is 1.95 bits per heavy atom. The second-order valence-corrected chi connectivity index (χ2v) is 6.75. The van der Waals surface area contributed by atoms with E-state index in [9.17, 15) is 4.79 Å². The van der Waals surface area contributed by atoms with Crippen molar-refractivity contribution >= 4 is 5.91 Å². The first kappa shape index (κ1) is 15.0. The molecule has 0 radical (unpaired) electrons. The Hall–Kier alpha value is -1.35. The molecule has 2 atom stereocenters. The maximum atomic E-state index is 12.1. The van der Waals surface area contributed by atoms with E-state index in [0.29, 0.717) is 0 Å². The molecule has 2 N–H and O–H groups in total. The molecule has 1 aliphatic rings. The van der Waals surface area contributed by atoms with Crippen LogP contribution in [0.5, 0.6) is 0 Å². The third-order valence-corrected chi connectivity index (χ3v) is 4.01. The summed E-state index contributed by atoms with van der Waals surface area (Å²) in [7, 11) is 0. The SMILES string of the molecule is CC(NC(=O)[C@@H]1CCCN1)c1ccc(C(C)(C)C)cc1. The first-order valence-corrected chi connectivity index (χ1v) is 7.52. The van der Waals surface area contributed by atoms with Crippen LogP contribution < -0.4 is 10.6 Å². The van der Waals surface area contributed by atoms with Gasteiger partial charge in [0.15, 0.2) is 0 Å². The van der Waals surface area contributed by atoms with E-state index in [4.69, 9.17) is 0 Å². The van der Waals surface area contributed by atoms with E-state index in [1.807, 2.05) is 6.92 Å². The minimum atomic E-state index is -0.00806. The van der Waals surface area contributed by atoms with Crippen LogP contribution in [0.25, 0.3) is 0 Å². The smallest absolute Gasteiger partial charge is 0.237 e. The Kier molecular flexibility index (Phi) is 4.48. The molecule has 2 rings (SSSR count). The number of hydrogen-bond donors (Lipinski definition) is 2. The molecule has 1 saturated heterocycles. The van der Waals surface area contributed by atoms with E-state index in [0.717, 1.165) is 24.9 Å². The maximum Gasteiger partial charge on any atom is 0.237 e. The first-order valence-electron chi connectivity index (χ1n) is 7.52. The van der Waals surface area contributed by atoms with Crippen molar-refractivity contribution in [3.05, 3.63) is 35.4 Å². The third-order valence-electron chi connectivity index (χ3n) is 4.01. The van der Waals surface area contributed by atoms with Crippen molar-refractivity contribution in [1.82, 2.24) is 10.6 Å². The summed E-state index contributed by atoms with van der Waals surface area (Å²) < 4.78 is 0. The lowest BCUT2D eigenvalue weighted by Crippen LogP contribution is -2.41.